The molecule has 0 aromatic carbocycles. The van der Waals surface area contributed by atoms with Crippen molar-refractivity contribution >= 4 is 0 Å². The quantitative estimate of drug-likeness (QED) is 0.484. The fourth-order valence-corrected chi connectivity index (χ4v) is 3.22. The molecule has 1 nitrogen and oxygen atoms in total. The van der Waals surface area contributed by atoms with E-state index in [0.717, 1.165) is 11.8 Å². The molecular formula is C18H37N. The molecule has 0 aliphatic heterocycles. The normalized spacial score (nSPS) is 23.7. The first kappa shape index (κ1) is 17.0. The SMILES string of the molecule is CCCCCCCCCCNCC1CCC(C)CC1. The molecule has 1 rings (SSSR count). The zero-order valence-corrected chi connectivity index (χ0v) is 13.6. The van der Waals surface area contributed by atoms with Crippen LogP contribution in [0.2, 0.25) is 0 Å². The van der Waals surface area contributed by atoms with Crippen LogP contribution < -0.4 is 5.32 Å². The lowest BCUT2D eigenvalue weighted by Crippen LogP contribution is -2.26. The van der Waals surface area contributed by atoms with Crippen molar-refractivity contribution in [2.75, 3.05) is 13.1 Å². The van der Waals surface area contributed by atoms with Crippen LogP contribution in [0, 0.1) is 11.8 Å². The zero-order valence-electron chi connectivity index (χ0n) is 13.6. The highest BCUT2D eigenvalue weighted by molar-refractivity contribution is 4.71. The minimum absolute atomic E-state index is 0.977. The largest absolute Gasteiger partial charge is 0.316 e. The van der Waals surface area contributed by atoms with Gasteiger partial charge in [0.1, 0.15) is 0 Å². The van der Waals surface area contributed by atoms with E-state index in [4.69, 9.17) is 0 Å². The maximum absolute atomic E-state index is 3.68. The van der Waals surface area contributed by atoms with E-state index in [1.165, 1.54) is 90.1 Å². The number of hydrogen-bond acceptors (Lipinski definition) is 1. The Balaban J connectivity index is 1.76. The van der Waals surface area contributed by atoms with Crippen molar-refractivity contribution in [2.45, 2.75) is 90.9 Å². The van der Waals surface area contributed by atoms with Gasteiger partial charge in [-0.2, -0.15) is 0 Å². The molecule has 0 unspecified atom stereocenters. The Labute approximate surface area is 121 Å². The first-order valence-electron chi connectivity index (χ1n) is 9.03. The fourth-order valence-electron chi connectivity index (χ4n) is 3.22. The Morgan fingerprint density at radius 2 is 1.37 bits per heavy atom. The van der Waals surface area contributed by atoms with Gasteiger partial charge in [0, 0.05) is 0 Å². The van der Waals surface area contributed by atoms with Crippen LogP contribution >= 0.6 is 0 Å². The highest BCUT2D eigenvalue weighted by atomic mass is 14.9. The van der Waals surface area contributed by atoms with Crippen molar-refractivity contribution in [3.05, 3.63) is 0 Å². The summed E-state index contributed by atoms with van der Waals surface area (Å²) in [7, 11) is 0. The van der Waals surface area contributed by atoms with Gasteiger partial charge in [0.15, 0.2) is 0 Å². The minimum atomic E-state index is 0.977. The summed E-state index contributed by atoms with van der Waals surface area (Å²) < 4.78 is 0. The molecule has 0 bridgehead atoms. The van der Waals surface area contributed by atoms with Gasteiger partial charge in [0.2, 0.25) is 0 Å². The summed E-state index contributed by atoms with van der Waals surface area (Å²) in [4.78, 5) is 0. The van der Waals surface area contributed by atoms with Crippen LogP contribution in [0.1, 0.15) is 90.9 Å². The highest BCUT2D eigenvalue weighted by Crippen LogP contribution is 2.27. The summed E-state index contributed by atoms with van der Waals surface area (Å²) in [5.74, 6) is 1.97. The Bertz CT molecular complexity index is 182. The molecule has 0 aromatic heterocycles. The summed E-state index contributed by atoms with van der Waals surface area (Å²) in [6.45, 7) is 7.23. The van der Waals surface area contributed by atoms with E-state index in [2.05, 4.69) is 19.2 Å². The van der Waals surface area contributed by atoms with Crippen LogP contribution in [-0.2, 0) is 0 Å². The second-order valence-electron chi connectivity index (χ2n) is 6.80. The van der Waals surface area contributed by atoms with Gasteiger partial charge in [-0.3, -0.25) is 0 Å². The smallest absolute Gasteiger partial charge is 0.00205 e. The third-order valence-electron chi connectivity index (χ3n) is 4.78. The Morgan fingerprint density at radius 3 is 2.00 bits per heavy atom. The molecule has 0 aromatic rings. The van der Waals surface area contributed by atoms with Crippen molar-refractivity contribution in [1.82, 2.24) is 5.32 Å². The van der Waals surface area contributed by atoms with Gasteiger partial charge in [-0.1, -0.05) is 71.6 Å². The molecular weight excluding hydrogens is 230 g/mol. The molecule has 1 heteroatoms. The van der Waals surface area contributed by atoms with E-state index in [-0.39, 0.29) is 0 Å². The summed E-state index contributed by atoms with van der Waals surface area (Å²) in [6, 6.07) is 0. The average molecular weight is 268 g/mol. The standard InChI is InChI=1S/C18H37N/c1-3-4-5-6-7-8-9-10-15-19-16-18-13-11-17(2)12-14-18/h17-19H,3-16H2,1-2H3. The van der Waals surface area contributed by atoms with E-state index < -0.39 is 0 Å². The highest BCUT2D eigenvalue weighted by Gasteiger charge is 2.17. The molecule has 1 saturated carbocycles. The summed E-state index contributed by atoms with van der Waals surface area (Å²) >= 11 is 0. The topological polar surface area (TPSA) is 12.0 Å². The van der Waals surface area contributed by atoms with E-state index in [9.17, 15) is 0 Å². The molecule has 1 N–H and O–H groups in total. The van der Waals surface area contributed by atoms with Gasteiger partial charge < -0.3 is 5.32 Å². The summed E-state index contributed by atoms with van der Waals surface area (Å²) in [5.41, 5.74) is 0. The van der Waals surface area contributed by atoms with Crippen LogP contribution in [0.25, 0.3) is 0 Å². The average Bonchev–Trinajstić information content (AvgIpc) is 2.43. The van der Waals surface area contributed by atoms with Gasteiger partial charge in [0.25, 0.3) is 0 Å². The lowest BCUT2D eigenvalue weighted by Gasteiger charge is -2.26. The second kappa shape index (κ2) is 11.8. The van der Waals surface area contributed by atoms with Crippen molar-refractivity contribution in [2.24, 2.45) is 11.8 Å². The maximum Gasteiger partial charge on any atom is -0.00205 e. The van der Waals surface area contributed by atoms with Gasteiger partial charge in [0.05, 0.1) is 0 Å². The molecule has 0 saturated heterocycles. The number of unbranched alkanes of at least 4 members (excludes halogenated alkanes) is 7. The molecule has 1 aliphatic carbocycles. The molecule has 0 amide bonds. The maximum atomic E-state index is 3.68. The molecule has 1 fully saturated rings. The third-order valence-corrected chi connectivity index (χ3v) is 4.78. The third kappa shape index (κ3) is 9.49. The Morgan fingerprint density at radius 1 is 0.789 bits per heavy atom. The van der Waals surface area contributed by atoms with E-state index in [1.807, 2.05) is 0 Å². The van der Waals surface area contributed by atoms with Crippen molar-refractivity contribution < 1.29 is 0 Å². The lowest BCUT2D eigenvalue weighted by molar-refractivity contribution is 0.281. The minimum Gasteiger partial charge on any atom is -0.316 e. The molecule has 0 spiro atoms. The van der Waals surface area contributed by atoms with Crippen LogP contribution in [0.15, 0.2) is 0 Å². The van der Waals surface area contributed by atoms with Crippen LogP contribution in [-0.4, -0.2) is 13.1 Å². The number of rotatable bonds is 11. The van der Waals surface area contributed by atoms with Gasteiger partial charge >= 0.3 is 0 Å². The molecule has 0 atom stereocenters. The fraction of sp³-hybridized carbons (Fsp3) is 1.00. The predicted molar refractivity (Wildman–Crippen MR) is 86.6 cm³/mol. The van der Waals surface area contributed by atoms with E-state index >= 15 is 0 Å². The van der Waals surface area contributed by atoms with Crippen LogP contribution in [0.5, 0.6) is 0 Å². The van der Waals surface area contributed by atoms with Crippen molar-refractivity contribution in [3.8, 4) is 0 Å². The first-order chi connectivity index (χ1) is 9.33. The molecule has 114 valence electrons. The van der Waals surface area contributed by atoms with Gasteiger partial charge in [-0.05, 0) is 44.2 Å². The molecule has 19 heavy (non-hydrogen) atoms. The molecule has 1 aliphatic rings. The van der Waals surface area contributed by atoms with Crippen LogP contribution in [0.3, 0.4) is 0 Å². The molecule has 0 radical (unpaired) electrons. The second-order valence-corrected chi connectivity index (χ2v) is 6.80. The Kier molecular flexibility index (Phi) is 10.5. The molecule has 0 heterocycles. The van der Waals surface area contributed by atoms with Crippen LogP contribution in [0.4, 0.5) is 0 Å². The monoisotopic (exact) mass is 267 g/mol. The first-order valence-corrected chi connectivity index (χ1v) is 9.03. The zero-order chi connectivity index (χ0) is 13.8. The summed E-state index contributed by atoms with van der Waals surface area (Å²) in [5, 5.41) is 3.68. The number of hydrogen-bond donors (Lipinski definition) is 1. The van der Waals surface area contributed by atoms with Gasteiger partial charge in [-0.15, -0.1) is 0 Å². The van der Waals surface area contributed by atoms with E-state index in [1.54, 1.807) is 0 Å². The lowest BCUT2D eigenvalue weighted by atomic mass is 9.83. The van der Waals surface area contributed by atoms with Crippen molar-refractivity contribution in [3.63, 3.8) is 0 Å². The Hall–Kier alpha value is -0.0400. The summed E-state index contributed by atoms with van der Waals surface area (Å²) in [6.07, 6.45) is 17.3. The predicted octanol–water partition coefficient (Wildman–Crippen LogP) is 5.54. The van der Waals surface area contributed by atoms with Gasteiger partial charge in [-0.25, -0.2) is 0 Å². The van der Waals surface area contributed by atoms with E-state index in [0.29, 0.717) is 0 Å². The number of nitrogens with one attached hydrogen (secondary N) is 1. The van der Waals surface area contributed by atoms with Crippen molar-refractivity contribution in [1.29, 1.82) is 0 Å².